The van der Waals surface area contributed by atoms with Crippen LogP contribution >= 0.6 is 0 Å². The van der Waals surface area contributed by atoms with Crippen LogP contribution in [0.3, 0.4) is 0 Å². The highest BCUT2D eigenvalue weighted by molar-refractivity contribution is 7.90. The minimum atomic E-state index is -3.92. The molecule has 0 aliphatic carbocycles. The number of rotatable bonds is 7. The van der Waals surface area contributed by atoms with Crippen molar-refractivity contribution in [3.05, 3.63) is 65.7 Å². The number of benzene rings is 2. The first-order valence-electron chi connectivity index (χ1n) is 8.31. The molecule has 0 bridgehead atoms. The van der Waals surface area contributed by atoms with Crippen molar-refractivity contribution in [2.45, 2.75) is 17.7 Å². The van der Waals surface area contributed by atoms with E-state index >= 15 is 0 Å². The summed E-state index contributed by atoms with van der Waals surface area (Å²) < 4.78 is 30.4. The smallest absolute Gasteiger partial charge is 0.306 e. The predicted molar refractivity (Wildman–Crippen MR) is 95.6 cm³/mol. The van der Waals surface area contributed by atoms with Gasteiger partial charge in [0.05, 0.1) is 18.5 Å². The van der Waals surface area contributed by atoms with Crippen LogP contribution in [-0.4, -0.2) is 43.5 Å². The Morgan fingerprint density at radius 2 is 1.59 bits per heavy atom. The number of fused-ring (bicyclic) bond motifs is 1. The molecule has 0 radical (unpaired) electrons. The lowest BCUT2D eigenvalue weighted by atomic mass is 10.1. The maximum absolute atomic E-state index is 12.4. The fraction of sp³-hybridized carbons (Fsp3) is 0.211. The summed E-state index contributed by atoms with van der Waals surface area (Å²) in [5.41, 5.74) is 0.620. The molecular weight excluding hydrogens is 370 g/mol. The largest absolute Gasteiger partial charge is 0.464 e. The normalized spacial score (nSPS) is 14.7. The molecule has 27 heavy (non-hydrogen) atoms. The van der Waals surface area contributed by atoms with Crippen LogP contribution in [0, 0.1) is 0 Å². The standard InChI is InChI=1S/C19H17NO6S/c21-16(14-6-2-1-3-7-14)10-11-18(22)26-13-12-20-19(23)15-8-4-5-9-17(15)27(20,24)25/h1-9H,10-13H2. The van der Waals surface area contributed by atoms with E-state index in [1.807, 2.05) is 0 Å². The summed E-state index contributed by atoms with van der Waals surface area (Å²) in [6.45, 7) is -0.536. The monoisotopic (exact) mass is 387 g/mol. The van der Waals surface area contributed by atoms with Crippen LogP contribution in [0.4, 0.5) is 0 Å². The first-order valence-corrected chi connectivity index (χ1v) is 9.75. The van der Waals surface area contributed by atoms with Crippen LogP contribution in [0.1, 0.15) is 33.6 Å². The molecule has 2 aromatic carbocycles. The summed E-state index contributed by atoms with van der Waals surface area (Å²) in [7, 11) is -3.92. The highest BCUT2D eigenvalue weighted by Crippen LogP contribution is 2.29. The second-order valence-electron chi connectivity index (χ2n) is 5.89. The second-order valence-corrected chi connectivity index (χ2v) is 7.72. The first kappa shape index (κ1) is 18.8. The lowest BCUT2D eigenvalue weighted by molar-refractivity contribution is -0.143. The minimum absolute atomic E-state index is 0.00473. The Morgan fingerprint density at radius 1 is 0.926 bits per heavy atom. The number of carbonyl (C=O) groups is 3. The lowest BCUT2D eigenvalue weighted by Gasteiger charge is -2.14. The van der Waals surface area contributed by atoms with Gasteiger partial charge in [-0.25, -0.2) is 12.7 Å². The van der Waals surface area contributed by atoms with Gasteiger partial charge in [0, 0.05) is 12.0 Å². The molecule has 3 rings (SSSR count). The predicted octanol–water partition coefficient (Wildman–Crippen LogP) is 2.04. The molecule has 140 valence electrons. The summed E-state index contributed by atoms with van der Waals surface area (Å²) in [6.07, 6.45) is -0.121. The Labute approximate surface area is 156 Å². The SMILES string of the molecule is O=C(CCC(=O)c1ccccc1)OCCN1C(=O)c2ccccc2S1(=O)=O. The van der Waals surface area contributed by atoms with Crippen molar-refractivity contribution in [2.24, 2.45) is 0 Å². The van der Waals surface area contributed by atoms with Crippen molar-refractivity contribution in [3.8, 4) is 0 Å². The topological polar surface area (TPSA) is 97.8 Å². The molecule has 8 heteroatoms. The summed E-state index contributed by atoms with van der Waals surface area (Å²) >= 11 is 0. The van der Waals surface area contributed by atoms with Crippen molar-refractivity contribution in [1.82, 2.24) is 4.31 Å². The number of ketones is 1. The third kappa shape index (κ3) is 3.90. The maximum atomic E-state index is 12.4. The molecule has 0 unspecified atom stereocenters. The van der Waals surface area contributed by atoms with Crippen LogP contribution in [0.25, 0.3) is 0 Å². The van der Waals surface area contributed by atoms with Gasteiger partial charge in [0.25, 0.3) is 15.9 Å². The Morgan fingerprint density at radius 3 is 2.30 bits per heavy atom. The highest BCUT2D eigenvalue weighted by atomic mass is 32.2. The number of nitrogens with zero attached hydrogens (tertiary/aromatic N) is 1. The van der Waals surface area contributed by atoms with Crippen LogP contribution in [-0.2, 0) is 19.6 Å². The number of ether oxygens (including phenoxy) is 1. The fourth-order valence-electron chi connectivity index (χ4n) is 2.75. The molecule has 0 spiro atoms. The van der Waals surface area contributed by atoms with Crippen molar-refractivity contribution in [3.63, 3.8) is 0 Å². The Hall–Kier alpha value is -3.00. The number of carbonyl (C=O) groups excluding carboxylic acids is 3. The molecule has 0 atom stereocenters. The molecule has 0 N–H and O–H groups in total. The van der Waals surface area contributed by atoms with E-state index in [0.29, 0.717) is 9.87 Å². The summed E-state index contributed by atoms with van der Waals surface area (Å²) in [5, 5.41) is 0. The van der Waals surface area contributed by atoms with Gasteiger partial charge >= 0.3 is 5.97 Å². The molecule has 1 heterocycles. The molecule has 1 aliphatic heterocycles. The van der Waals surface area contributed by atoms with Gasteiger partial charge in [0.1, 0.15) is 11.5 Å². The van der Waals surface area contributed by atoms with Gasteiger partial charge < -0.3 is 4.74 Å². The van der Waals surface area contributed by atoms with Crippen LogP contribution in [0.2, 0.25) is 0 Å². The van der Waals surface area contributed by atoms with E-state index in [9.17, 15) is 22.8 Å². The van der Waals surface area contributed by atoms with Crippen LogP contribution in [0.5, 0.6) is 0 Å². The molecular formula is C19H17NO6S. The Kier molecular flexibility index (Phi) is 5.36. The van der Waals surface area contributed by atoms with Crippen molar-refractivity contribution in [2.75, 3.05) is 13.2 Å². The minimum Gasteiger partial charge on any atom is -0.464 e. The zero-order valence-corrected chi connectivity index (χ0v) is 15.1. The number of hydrogen-bond acceptors (Lipinski definition) is 6. The van der Waals surface area contributed by atoms with E-state index in [2.05, 4.69) is 0 Å². The number of esters is 1. The van der Waals surface area contributed by atoms with Gasteiger partial charge in [-0.1, -0.05) is 42.5 Å². The maximum Gasteiger partial charge on any atom is 0.306 e. The van der Waals surface area contributed by atoms with E-state index in [0.717, 1.165) is 0 Å². The van der Waals surface area contributed by atoms with E-state index in [-0.39, 0.29) is 42.2 Å². The highest BCUT2D eigenvalue weighted by Gasteiger charge is 2.40. The quantitative estimate of drug-likeness (QED) is 0.533. The third-order valence-corrected chi connectivity index (χ3v) is 5.96. The zero-order chi connectivity index (χ0) is 19.4. The average Bonchev–Trinajstić information content (AvgIpc) is 2.87. The second kappa shape index (κ2) is 7.71. The number of sulfonamides is 1. The van der Waals surface area contributed by atoms with Crippen molar-refractivity contribution < 1.29 is 27.5 Å². The van der Waals surface area contributed by atoms with E-state index < -0.39 is 21.9 Å². The molecule has 0 fully saturated rings. The Balaban J connectivity index is 1.50. The van der Waals surface area contributed by atoms with Gasteiger partial charge in [-0.05, 0) is 12.1 Å². The summed E-state index contributed by atoms with van der Waals surface area (Å²) in [6, 6.07) is 14.5. The first-order chi connectivity index (χ1) is 12.9. The summed E-state index contributed by atoms with van der Waals surface area (Å²) in [5.74, 6) is -1.44. The van der Waals surface area contributed by atoms with Crippen molar-refractivity contribution >= 4 is 27.7 Å². The molecule has 2 aromatic rings. The van der Waals surface area contributed by atoms with Gasteiger partial charge in [-0.2, -0.15) is 0 Å². The summed E-state index contributed by atoms with van der Waals surface area (Å²) in [4.78, 5) is 35.9. The van der Waals surface area contributed by atoms with Gasteiger partial charge in [-0.15, -0.1) is 0 Å². The van der Waals surface area contributed by atoms with Gasteiger partial charge in [0.2, 0.25) is 0 Å². The molecule has 7 nitrogen and oxygen atoms in total. The average molecular weight is 387 g/mol. The van der Waals surface area contributed by atoms with E-state index in [4.69, 9.17) is 4.74 Å². The molecule has 0 saturated heterocycles. The molecule has 1 aliphatic rings. The van der Waals surface area contributed by atoms with E-state index in [1.54, 1.807) is 36.4 Å². The number of amides is 1. The fourth-order valence-corrected chi connectivity index (χ4v) is 4.30. The zero-order valence-electron chi connectivity index (χ0n) is 14.3. The number of Topliss-reactive ketones (excluding diaryl/α,β-unsaturated/α-hetero) is 1. The van der Waals surface area contributed by atoms with Gasteiger partial charge in [0.15, 0.2) is 5.78 Å². The lowest BCUT2D eigenvalue weighted by Crippen LogP contribution is -2.33. The molecule has 0 aromatic heterocycles. The van der Waals surface area contributed by atoms with Crippen LogP contribution in [0.15, 0.2) is 59.5 Å². The molecule has 1 amide bonds. The Bertz CT molecular complexity index is 984. The van der Waals surface area contributed by atoms with Crippen molar-refractivity contribution in [1.29, 1.82) is 0 Å². The van der Waals surface area contributed by atoms with Crippen LogP contribution < -0.4 is 0 Å². The van der Waals surface area contributed by atoms with E-state index in [1.165, 1.54) is 18.2 Å². The van der Waals surface area contributed by atoms with Gasteiger partial charge in [-0.3, -0.25) is 14.4 Å². The third-order valence-electron chi connectivity index (χ3n) is 4.12. The number of hydrogen-bond donors (Lipinski definition) is 0. The molecule has 0 saturated carbocycles.